The average molecular weight is 460 g/mol. The molecular formula is C25H24N4O5. The summed E-state index contributed by atoms with van der Waals surface area (Å²) >= 11 is 0. The number of aryl methyl sites for hydroxylation is 1. The van der Waals surface area contributed by atoms with Crippen LogP contribution < -0.4 is 16.4 Å². The van der Waals surface area contributed by atoms with E-state index in [0.717, 1.165) is 29.5 Å². The third-order valence-corrected chi connectivity index (χ3v) is 6.01. The second-order valence-corrected chi connectivity index (χ2v) is 8.39. The lowest BCUT2D eigenvalue weighted by molar-refractivity contribution is -0.132. The molecule has 1 fully saturated rings. The smallest absolute Gasteiger partial charge is 0.419 e. The molecule has 0 aliphatic carbocycles. The number of hydrogen-bond acceptors (Lipinski definition) is 7. The minimum Gasteiger partial charge on any atom is -0.461 e. The van der Waals surface area contributed by atoms with Crippen LogP contribution in [0.5, 0.6) is 0 Å². The number of oxazole rings is 1. The molecule has 1 aliphatic rings. The van der Waals surface area contributed by atoms with Crippen molar-refractivity contribution in [2.75, 3.05) is 19.7 Å². The average Bonchev–Trinajstić information content (AvgIpc) is 3.22. The van der Waals surface area contributed by atoms with Gasteiger partial charge in [-0.2, -0.15) is 5.26 Å². The minimum atomic E-state index is -0.732. The molecule has 9 nitrogen and oxygen atoms in total. The van der Waals surface area contributed by atoms with Gasteiger partial charge in [-0.15, -0.1) is 0 Å². The number of nitriles is 1. The fraction of sp³-hybridized carbons (Fsp3) is 0.320. The Hall–Kier alpha value is -3.87. The van der Waals surface area contributed by atoms with E-state index in [1.807, 2.05) is 36.4 Å². The lowest BCUT2D eigenvalue weighted by Gasteiger charge is -2.17. The van der Waals surface area contributed by atoms with Gasteiger partial charge in [0.25, 0.3) is 5.91 Å². The predicted octanol–water partition coefficient (Wildman–Crippen LogP) is 2.47. The molecule has 0 radical (unpaired) electrons. The Kier molecular flexibility index (Phi) is 5.92. The van der Waals surface area contributed by atoms with Crippen molar-refractivity contribution in [3.8, 4) is 17.2 Å². The first-order valence-corrected chi connectivity index (χ1v) is 11.2. The molecule has 174 valence electrons. The van der Waals surface area contributed by atoms with Gasteiger partial charge in [-0.1, -0.05) is 18.2 Å². The molecule has 0 bridgehead atoms. The zero-order valence-electron chi connectivity index (χ0n) is 18.7. The van der Waals surface area contributed by atoms with E-state index in [1.54, 1.807) is 13.1 Å². The molecular weight excluding hydrogens is 436 g/mol. The molecule has 2 aromatic carbocycles. The predicted molar refractivity (Wildman–Crippen MR) is 125 cm³/mol. The maximum atomic E-state index is 12.5. The molecule has 3 heterocycles. The zero-order chi connectivity index (χ0) is 23.7. The number of carbonyl (C=O) groups is 1. The van der Waals surface area contributed by atoms with Gasteiger partial charge in [0.1, 0.15) is 23.5 Å². The van der Waals surface area contributed by atoms with Crippen molar-refractivity contribution in [3.63, 3.8) is 0 Å². The highest BCUT2D eigenvalue weighted by molar-refractivity contribution is 5.87. The van der Waals surface area contributed by atoms with Gasteiger partial charge in [-0.25, -0.2) is 4.79 Å². The van der Waals surface area contributed by atoms with E-state index in [4.69, 9.17) is 13.6 Å². The highest BCUT2D eigenvalue weighted by Crippen LogP contribution is 2.29. The van der Waals surface area contributed by atoms with Crippen LogP contribution in [0, 0.1) is 11.3 Å². The van der Waals surface area contributed by atoms with E-state index in [2.05, 4.69) is 16.7 Å². The molecule has 34 heavy (non-hydrogen) atoms. The Bertz CT molecular complexity index is 1450. The summed E-state index contributed by atoms with van der Waals surface area (Å²) in [5, 5.41) is 16.4. The van der Waals surface area contributed by atoms with E-state index >= 15 is 0 Å². The number of ether oxygens (including phenoxy) is 1. The highest BCUT2D eigenvalue weighted by atomic mass is 16.5. The van der Waals surface area contributed by atoms with Crippen molar-refractivity contribution < 1.29 is 18.4 Å². The molecule has 2 N–H and O–H groups in total. The van der Waals surface area contributed by atoms with Crippen molar-refractivity contribution >= 4 is 28.0 Å². The summed E-state index contributed by atoms with van der Waals surface area (Å²) in [6.45, 7) is 1.74. The van der Waals surface area contributed by atoms with Crippen LogP contribution in [-0.2, 0) is 23.0 Å². The molecule has 2 atom stereocenters. The summed E-state index contributed by atoms with van der Waals surface area (Å²) in [5.41, 5.74) is 3.76. The number of amides is 1. The Morgan fingerprint density at radius 3 is 2.88 bits per heavy atom. The molecule has 5 rings (SSSR count). The van der Waals surface area contributed by atoms with Crippen LogP contribution in [0.2, 0.25) is 0 Å². The first-order chi connectivity index (χ1) is 16.5. The minimum absolute atomic E-state index is 0.246. The highest BCUT2D eigenvalue weighted by Gasteiger charge is 2.24. The van der Waals surface area contributed by atoms with Gasteiger partial charge in [0.2, 0.25) is 0 Å². The van der Waals surface area contributed by atoms with E-state index < -0.39 is 17.9 Å². The van der Waals surface area contributed by atoms with Crippen LogP contribution in [0.3, 0.4) is 0 Å². The molecule has 2 aromatic heterocycles. The van der Waals surface area contributed by atoms with Gasteiger partial charge < -0.3 is 24.2 Å². The Labute approximate surface area is 194 Å². The summed E-state index contributed by atoms with van der Waals surface area (Å²) in [6.07, 6.45) is 0.485. The van der Waals surface area contributed by atoms with Crippen LogP contribution >= 0.6 is 0 Å². The largest absolute Gasteiger partial charge is 0.461 e. The number of nitrogens with zero attached hydrogens (tertiary/aromatic N) is 2. The fourth-order valence-electron chi connectivity index (χ4n) is 4.15. The SMILES string of the molecule is Cn1c(=O)oc2ccc(-c3ccc4cc(CC(C#N)NC(=O)[C@@H]5CNCCCO5)oc4c3)cc21. The molecule has 1 aliphatic heterocycles. The van der Waals surface area contributed by atoms with Gasteiger partial charge >= 0.3 is 5.76 Å². The fourth-order valence-corrected chi connectivity index (χ4v) is 4.15. The van der Waals surface area contributed by atoms with E-state index in [0.29, 0.717) is 35.6 Å². The van der Waals surface area contributed by atoms with Crippen LogP contribution in [0.4, 0.5) is 0 Å². The maximum absolute atomic E-state index is 12.5. The summed E-state index contributed by atoms with van der Waals surface area (Å²) < 4.78 is 18.2. The molecule has 9 heteroatoms. The number of fused-ring (bicyclic) bond motifs is 2. The van der Waals surface area contributed by atoms with Crippen molar-refractivity contribution in [1.82, 2.24) is 15.2 Å². The summed E-state index contributed by atoms with van der Waals surface area (Å²) in [7, 11) is 1.67. The third kappa shape index (κ3) is 4.33. The molecule has 1 saturated heterocycles. The van der Waals surface area contributed by atoms with Gasteiger partial charge in [0.15, 0.2) is 5.58 Å². The zero-order valence-corrected chi connectivity index (χ0v) is 18.7. The second kappa shape index (κ2) is 9.17. The van der Waals surface area contributed by atoms with E-state index in [9.17, 15) is 14.9 Å². The van der Waals surface area contributed by atoms with Crippen LogP contribution in [0.15, 0.2) is 56.1 Å². The topological polar surface area (TPSA) is 122 Å². The van der Waals surface area contributed by atoms with Crippen molar-refractivity contribution in [2.45, 2.75) is 25.0 Å². The van der Waals surface area contributed by atoms with E-state index in [1.165, 1.54) is 4.57 Å². The van der Waals surface area contributed by atoms with E-state index in [-0.39, 0.29) is 12.3 Å². The van der Waals surface area contributed by atoms with Crippen LogP contribution in [0.25, 0.3) is 33.2 Å². The number of rotatable bonds is 5. The molecule has 4 aromatic rings. The summed E-state index contributed by atoms with van der Waals surface area (Å²) in [5.74, 6) is -0.103. The summed E-state index contributed by atoms with van der Waals surface area (Å²) in [6, 6.07) is 14.7. The van der Waals surface area contributed by atoms with Crippen molar-refractivity contribution in [1.29, 1.82) is 5.26 Å². The number of benzene rings is 2. The number of carbonyl (C=O) groups excluding carboxylic acids is 1. The van der Waals surface area contributed by atoms with Gasteiger partial charge in [0.05, 0.1) is 11.6 Å². The van der Waals surface area contributed by atoms with Crippen LogP contribution in [0.1, 0.15) is 12.2 Å². The number of nitrogens with one attached hydrogen (secondary N) is 2. The molecule has 0 spiro atoms. The monoisotopic (exact) mass is 460 g/mol. The van der Waals surface area contributed by atoms with Crippen molar-refractivity contribution in [3.05, 3.63) is 58.8 Å². The Morgan fingerprint density at radius 1 is 1.21 bits per heavy atom. The first-order valence-electron chi connectivity index (χ1n) is 11.2. The number of hydrogen-bond donors (Lipinski definition) is 2. The molecule has 1 unspecified atom stereocenters. The maximum Gasteiger partial charge on any atom is 0.419 e. The lowest BCUT2D eigenvalue weighted by atomic mass is 10.0. The molecule has 1 amide bonds. The third-order valence-electron chi connectivity index (χ3n) is 6.01. The second-order valence-electron chi connectivity index (χ2n) is 8.39. The summed E-state index contributed by atoms with van der Waals surface area (Å²) in [4.78, 5) is 24.3. The van der Waals surface area contributed by atoms with Gasteiger partial charge in [0, 0.05) is 32.0 Å². The van der Waals surface area contributed by atoms with Crippen LogP contribution in [-0.4, -0.2) is 42.3 Å². The normalized spacial score (nSPS) is 17.4. The van der Waals surface area contributed by atoms with Gasteiger partial charge in [-0.3, -0.25) is 9.36 Å². The number of aromatic nitrogens is 1. The first kappa shape index (κ1) is 21.9. The van der Waals surface area contributed by atoms with Gasteiger partial charge in [-0.05, 0) is 48.4 Å². The molecule has 0 saturated carbocycles. The standard InChI is InChI=1S/C25H24N4O5/c1-29-20-10-15(5-6-21(20)34-25(29)31)16-3-4-17-9-19(33-22(17)11-16)12-18(13-26)28-24(30)23-14-27-7-2-8-32-23/h3-6,9-11,18,23,27H,2,7-8,12,14H2,1H3,(H,28,30)/t18?,23-/m0/s1. The number of furan rings is 1. The Balaban J connectivity index is 1.34. The Morgan fingerprint density at radius 2 is 2.03 bits per heavy atom. The van der Waals surface area contributed by atoms with Crippen molar-refractivity contribution in [2.24, 2.45) is 7.05 Å². The lowest BCUT2D eigenvalue weighted by Crippen LogP contribution is -2.46. The quantitative estimate of drug-likeness (QED) is 0.469.